The summed E-state index contributed by atoms with van der Waals surface area (Å²) in [6.45, 7) is -0.348. The molecule has 0 unspecified atom stereocenters. The lowest BCUT2D eigenvalue weighted by atomic mass is 10.2. The van der Waals surface area contributed by atoms with E-state index in [1.807, 2.05) is 6.07 Å². The molecule has 0 bridgehead atoms. The van der Waals surface area contributed by atoms with Gasteiger partial charge in [-0.1, -0.05) is 36.4 Å². The molecular formula is C18H16FN3O3. The van der Waals surface area contributed by atoms with Crippen molar-refractivity contribution in [3.63, 3.8) is 0 Å². The zero-order chi connectivity index (χ0) is 17.8. The summed E-state index contributed by atoms with van der Waals surface area (Å²) in [6.07, 6.45) is 0. The summed E-state index contributed by atoms with van der Waals surface area (Å²) in [4.78, 5) is 25.5. The van der Waals surface area contributed by atoms with Crippen molar-refractivity contribution in [2.45, 2.75) is 6.54 Å². The molecule has 1 aromatic heterocycles. The highest BCUT2D eigenvalue weighted by atomic mass is 19.1. The van der Waals surface area contributed by atoms with Crippen LogP contribution in [0.3, 0.4) is 0 Å². The standard InChI is InChI=1S/C18H16FN3O3/c1-22(10-12-6-2-4-8-14(12)19)16(23)11-25-18(24)17-13-7-3-5-9-15(13)20-21-17/h2-9H,10-11H2,1H3,(H,20,21). The Bertz CT molecular complexity index is 923. The summed E-state index contributed by atoms with van der Waals surface area (Å²) in [5, 5.41) is 7.28. The van der Waals surface area contributed by atoms with Gasteiger partial charge < -0.3 is 9.64 Å². The van der Waals surface area contributed by atoms with Gasteiger partial charge in [0.05, 0.1) is 5.52 Å². The van der Waals surface area contributed by atoms with Crippen LogP contribution in [0, 0.1) is 5.82 Å². The number of fused-ring (bicyclic) bond motifs is 1. The number of ether oxygens (including phenoxy) is 1. The van der Waals surface area contributed by atoms with Gasteiger partial charge in [-0.2, -0.15) is 5.10 Å². The monoisotopic (exact) mass is 341 g/mol. The number of carbonyl (C=O) groups excluding carboxylic acids is 2. The molecule has 3 rings (SSSR count). The Balaban J connectivity index is 1.60. The number of aromatic nitrogens is 2. The van der Waals surface area contributed by atoms with E-state index in [0.29, 0.717) is 16.5 Å². The Hall–Kier alpha value is -3.22. The molecule has 0 aliphatic heterocycles. The third-order valence-electron chi connectivity index (χ3n) is 3.78. The second-order valence-corrected chi connectivity index (χ2v) is 5.54. The van der Waals surface area contributed by atoms with E-state index in [0.717, 1.165) is 0 Å². The molecule has 2 aromatic carbocycles. The zero-order valence-electron chi connectivity index (χ0n) is 13.5. The van der Waals surface area contributed by atoms with Crippen molar-refractivity contribution in [2.75, 3.05) is 13.7 Å². The van der Waals surface area contributed by atoms with Gasteiger partial charge >= 0.3 is 5.97 Å². The van der Waals surface area contributed by atoms with Gasteiger partial charge in [-0.25, -0.2) is 9.18 Å². The van der Waals surface area contributed by atoms with Crippen molar-refractivity contribution >= 4 is 22.8 Å². The molecule has 0 saturated carbocycles. The highest BCUT2D eigenvalue weighted by Gasteiger charge is 2.18. The number of nitrogens with one attached hydrogen (secondary N) is 1. The van der Waals surface area contributed by atoms with E-state index < -0.39 is 18.5 Å². The lowest BCUT2D eigenvalue weighted by Crippen LogP contribution is -2.31. The maximum Gasteiger partial charge on any atom is 0.359 e. The average Bonchev–Trinajstić information content (AvgIpc) is 3.05. The van der Waals surface area contributed by atoms with Crippen LogP contribution in [0.25, 0.3) is 10.9 Å². The largest absolute Gasteiger partial charge is 0.451 e. The van der Waals surface area contributed by atoms with Crippen molar-refractivity contribution < 1.29 is 18.7 Å². The maximum absolute atomic E-state index is 13.6. The normalized spacial score (nSPS) is 10.6. The predicted molar refractivity (Wildman–Crippen MR) is 89.3 cm³/mol. The molecular weight excluding hydrogens is 325 g/mol. The van der Waals surface area contributed by atoms with Crippen molar-refractivity contribution in [2.24, 2.45) is 0 Å². The molecule has 1 amide bonds. The van der Waals surface area contributed by atoms with E-state index >= 15 is 0 Å². The number of hydrogen-bond donors (Lipinski definition) is 1. The molecule has 6 nitrogen and oxygen atoms in total. The van der Waals surface area contributed by atoms with E-state index in [1.165, 1.54) is 18.0 Å². The summed E-state index contributed by atoms with van der Waals surface area (Å²) in [7, 11) is 1.52. The lowest BCUT2D eigenvalue weighted by Gasteiger charge is -2.17. The Morgan fingerprint density at radius 1 is 1.16 bits per heavy atom. The van der Waals surface area contributed by atoms with Crippen LogP contribution >= 0.6 is 0 Å². The number of hydrogen-bond acceptors (Lipinski definition) is 4. The summed E-state index contributed by atoms with van der Waals surface area (Å²) in [5.74, 6) is -1.51. The predicted octanol–water partition coefficient (Wildman–Crippen LogP) is 2.52. The number of benzene rings is 2. The third kappa shape index (κ3) is 3.65. The molecule has 0 spiro atoms. The number of para-hydroxylation sites is 1. The van der Waals surface area contributed by atoms with Crippen molar-refractivity contribution in [3.8, 4) is 0 Å². The van der Waals surface area contributed by atoms with Crippen LogP contribution in [0.2, 0.25) is 0 Å². The fourth-order valence-corrected chi connectivity index (χ4v) is 2.40. The minimum absolute atomic E-state index is 0.0917. The van der Waals surface area contributed by atoms with E-state index in [9.17, 15) is 14.0 Å². The number of halogens is 1. The number of esters is 1. The number of rotatable bonds is 5. The van der Waals surface area contributed by atoms with Gasteiger partial charge in [0.15, 0.2) is 12.3 Å². The van der Waals surface area contributed by atoms with Crippen LogP contribution in [-0.4, -0.2) is 40.6 Å². The van der Waals surface area contributed by atoms with Crippen molar-refractivity contribution in [1.29, 1.82) is 0 Å². The smallest absolute Gasteiger partial charge is 0.359 e. The maximum atomic E-state index is 13.6. The number of amides is 1. The van der Waals surface area contributed by atoms with Gasteiger partial charge in [0.1, 0.15) is 5.82 Å². The molecule has 0 radical (unpaired) electrons. The van der Waals surface area contributed by atoms with Crippen LogP contribution in [0.1, 0.15) is 16.1 Å². The molecule has 0 fully saturated rings. The first-order chi connectivity index (χ1) is 12.1. The lowest BCUT2D eigenvalue weighted by molar-refractivity contribution is -0.133. The Morgan fingerprint density at radius 3 is 2.68 bits per heavy atom. The third-order valence-corrected chi connectivity index (χ3v) is 3.78. The summed E-state index contributed by atoms with van der Waals surface area (Å²) < 4.78 is 18.7. The van der Waals surface area contributed by atoms with Gasteiger partial charge in [-0.05, 0) is 12.1 Å². The first-order valence-corrected chi connectivity index (χ1v) is 7.64. The number of carbonyl (C=O) groups is 2. The quantitative estimate of drug-likeness (QED) is 0.724. The fraction of sp³-hybridized carbons (Fsp3) is 0.167. The molecule has 3 aromatic rings. The van der Waals surface area contributed by atoms with Crippen LogP contribution in [-0.2, 0) is 16.1 Å². The molecule has 0 saturated heterocycles. The highest BCUT2D eigenvalue weighted by Crippen LogP contribution is 2.16. The zero-order valence-corrected chi connectivity index (χ0v) is 13.5. The number of likely N-dealkylation sites (N-methyl/N-ethyl adjacent to an activating group) is 1. The Kier molecular flexibility index (Phi) is 4.74. The second kappa shape index (κ2) is 7.12. The van der Waals surface area contributed by atoms with Crippen LogP contribution in [0.4, 0.5) is 4.39 Å². The average molecular weight is 341 g/mol. The molecule has 0 atom stereocenters. The summed E-state index contributed by atoms with van der Waals surface area (Å²) in [5.41, 5.74) is 1.22. The van der Waals surface area contributed by atoms with E-state index in [-0.39, 0.29) is 18.1 Å². The summed E-state index contributed by atoms with van der Waals surface area (Å²) >= 11 is 0. The highest BCUT2D eigenvalue weighted by molar-refractivity contribution is 6.02. The van der Waals surface area contributed by atoms with Gasteiger partial charge in [0.2, 0.25) is 0 Å². The molecule has 128 valence electrons. The van der Waals surface area contributed by atoms with E-state index in [2.05, 4.69) is 10.2 Å². The molecule has 1 N–H and O–H groups in total. The van der Waals surface area contributed by atoms with Crippen LogP contribution in [0.5, 0.6) is 0 Å². The number of aromatic amines is 1. The molecule has 25 heavy (non-hydrogen) atoms. The first kappa shape index (κ1) is 16.6. The van der Waals surface area contributed by atoms with E-state index in [1.54, 1.807) is 36.4 Å². The molecule has 0 aliphatic rings. The second-order valence-electron chi connectivity index (χ2n) is 5.54. The van der Waals surface area contributed by atoms with Gasteiger partial charge in [-0.3, -0.25) is 9.89 Å². The van der Waals surface area contributed by atoms with E-state index in [4.69, 9.17) is 4.74 Å². The minimum Gasteiger partial charge on any atom is -0.451 e. The Labute approximate surface area is 143 Å². The van der Waals surface area contributed by atoms with Gasteiger partial charge in [0, 0.05) is 24.5 Å². The number of H-pyrrole nitrogens is 1. The summed E-state index contributed by atoms with van der Waals surface area (Å²) in [6, 6.07) is 13.3. The molecule has 1 heterocycles. The van der Waals surface area contributed by atoms with Crippen LogP contribution in [0.15, 0.2) is 48.5 Å². The van der Waals surface area contributed by atoms with Crippen molar-refractivity contribution in [1.82, 2.24) is 15.1 Å². The Morgan fingerprint density at radius 2 is 1.88 bits per heavy atom. The number of nitrogens with zero attached hydrogens (tertiary/aromatic N) is 2. The fourth-order valence-electron chi connectivity index (χ4n) is 2.40. The SMILES string of the molecule is CN(Cc1ccccc1F)C(=O)COC(=O)c1n[nH]c2ccccc12. The van der Waals surface area contributed by atoms with Gasteiger partial charge in [0.25, 0.3) is 5.91 Å². The minimum atomic E-state index is -0.690. The van der Waals surface area contributed by atoms with Crippen molar-refractivity contribution in [3.05, 3.63) is 65.6 Å². The van der Waals surface area contributed by atoms with Gasteiger partial charge in [-0.15, -0.1) is 0 Å². The topological polar surface area (TPSA) is 75.3 Å². The first-order valence-electron chi connectivity index (χ1n) is 7.64. The molecule has 7 heteroatoms. The molecule has 0 aliphatic carbocycles. The van der Waals surface area contributed by atoms with Crippen LogP contribution < -0.4 is 0 Å².